The Morgan fingerprint density at radius 2 is 1.88 bits per heavy atom. The van der Waals surface area contributed by atoms with Gasteiger partial charge in [-0.3, -0.25) is 4.90 Å². The summed E-state index contributed by atoms with van der Waals surface area (Å²) in [4.78, 5) is 2.74. The lowest BCUT2D eigenvalue weighted by atomic mass is 10.0. The molecule has 1 saturated heterocycles. The molecule has 1 heterocycles. The van der Waals surface area contributed by atoms with Crippen LogP contribution in [0.1, 0.15) is 39.2 Å². The fraction of sp³-hybridized carbons (Fsp3) is 0.700. The van der Waals surface area contributed by atoms with Crippen LogP contribution < -0.4 is 5.32 Å². The minimum atomic E-state index is -1.69. The normalized spacial score (nSPS) is 24.3. The Bertz CT molecular complexity index is 549. The van der Waals surface area contributed by atoms with Crippen LogP contribution in [0.2, 0.25) is 18.1 Å². The molecule has 4 heteroatoms. The van der Waals surface area contributed by atoms with Crippen LogP contribution in [0.4, 0.5) is 0 Å². The van der Waals surface area contributed by atoms with Gasteiger partial charge in [-0.2, -0.15) is 0 Å². The van der Waals surface area contributed by atoms with E-state index in [4.69, 9.17) is 4.43 Å². The van der Waals surface area contributed by atoms with E-state index in [2.05, 4.69) is 74.4 Å². The highest BCUT2D eigenvalue weighted by Gasteiger charge is 2.52. The maximum Gasteiger partial charge on any atom is 0.192 e. The number of benzene rings is 1. The highest BCUT2D eigenvalue weighted by molar-refractivity contribution is 6.74. The SMILES string of the molecule is CC(C)(C)[Si](C)(C)OCC1CNCC2(CC2)N1Cc1ccccc1. The van der Waals surface area contributed by atoms with Gasteiger partial charge in [0.25, 0.3) is 0 Å². The molecule has 0 amide bonds. The zero-order valence-electron chi connectivity index (χ0n) is 16.1. The Morgan fingerprint density at radius 1 is 1.21 bits per heavy atom. The number of piperazine rings is 1. The predicted molar refractivity (Wildman–Crippen MR) is 104 cm³/mol. The highest BCUT2D eigenvalue weighted by Crippen LogP contribution is 2.45. The second kappa shape index (κ2) is 6.56. The van der Waals surface area contributed by atoms with Crippen molar-refractivity contribution in [2.24, 2.45) is 0 Å². The Kier molecular flexibility index (Phi) is 4.95. The molecule has 1 saturated carbocycles. The molecule has 1 aliphatic carbocycles. The predicted octanol–water partition coefficient (Wildman–Crippen LogP) is 4.01. The van der Waals surface area contributed by atoms with Gasteiger partial charge in [-0.1, -0.05) is 51.1 Å². The van der Waals surface area contributed by atoms with Crippen LogP contribution in [0, 0.1) is 0 Å². The van der Waals surface area contributed by atoms with Crippen molar-refractivity contribution in [3.63, 3.8) is 0 Å². The molecule has 0 bridgehead atoms. The van der Waals surface area contributed by atoms with Gasteiger partial charge in [0.05, 0.1) is 6.61 Å². The van der Waals surface area contributed by atoms with Crippen molar-refractivity contribution in [1.29, 1.82) is 0 Å². The van der Waals surface area contributed by atoms with E-state index in [1.54, 1.807) is 0 Å². The maximum atomic E-state index is 6.58. The largest absolute Gasteiger partial charge is 0.415 e. The number of hydrogen-bond donors (Lipinski definition) is 1. The van der Waals surface area contributed by atoms with Crippen molar-refractivity contribution in [3.8, 4) is 0 Å². The van der Waals surface area contributed by atoms with Crippen LogP contribution in [0.25, 0.3) is 0 Å². The molecule has 1 aromatic carbocycles. The lowest BCUT2D eigenvalue weighted by molar-refractivity contribution is 0.0391. The molecule has 134 valence electrons. The molecule has 2 aliphatic rings. The average molecular weight is 347 g/mol. The molecule has 2 fully saturated rings. The van der Waals surface area contributed by atoms with Gasteiger partial charge >= 0.3 is 0 Å². The summed E-state index contributed by atoms with van der Waals surface area (Å²) in [5, 5.41) is 3.95. The van der Waals surface area contributed by atoms with Gasteiger partial charge in [0.1, 0.15) is 0 Å². The van der Waals surface area contributed by atoms with Crippen LogP contribution in [0.15, 0.2) is 30.3 Å². The number of hydrogen-bond acceptors (Lipinski definition) is 3. The molecule has 1 N–H and O–H groups in total. The zero-order valence-corrected chi connectivity index (χ0v) is 17.1. The summed E-state index contributed by atoms with van der Waals surface area (Å²) >= 11 is 0. The van der Waals surface area contributed by atoms with Crippen molar-refractivity contribution in [2.45, 2.75) is 69.9 Å². The third-order valence-corrected chi connectivity index (χ3v) is 10.9. The zero-order chi connectivity index (χ0) is 17.4. The number of nitrogens with zero attached hydrogens (tertiary/aromatic N) is 1. The van der Waals surface area contributed by atoms with E-state index in [1.165, 1.54) is 18.4 Å². The van der Waals surface area contributed by atoms with E-state index in [-0.39, 0.29) is 5.04 Å². The second-order valence-corrected chi connectivity index (χ2v) is 14.0. The van der Waals surface area contributed by atoms with Crippen LogP contribution in [-0.2, 0) is 11.0 Å². The first-order chi connectivity index (χ1) is 11.2. The van der Waals surface area contributed by atoms with E-state index >= 15 is 0 Å². The molecule has 3 rings (SSSR count). The quantitative estimate of drug-likeness (QED) is 0.815. The van der Waals surface area contributed by atoms with Crippen molar-refractivity contribution in [1.82, 2.24) is 10.2 Å². The Morgan fingerprint density at radius 3 is 2.46 bits per heavy atom. The standard InChI is InChI=1S/C20H34N2OSi/c1-19(2,3)24(4,5)23-15-18-13-21-16-20(11-12-20)22(18)14-17-9-7-6-8-10-17/h6-10,18,21H,11-16H2,1-5H3. The van der Waals surface area contributed by atoms with Gasteiger partial charge in [-0.05, 0) is 36.5 Å². The minimum Gasteiger partial charge on any atom is -0.415 e. The summed E-state index contributed by atoms with van der Waals surface area (Å²) in [6.45, 7) is 15.8. The van der Waals surface area contributed by atoms with Gasteiger partial charge < -0.3 is 9.74 Å². The lowest BCUT2D eigenvalue weighted by Gasteiger charge is -2.45. The lowest BCUT2D eigenvalue weighted by Crippen LogP contribution is -2.61. The number of rotatable bonds is 5. The third kappa shape index (κ3) is 3.77. The van der Waals surface area contributed by atoms with Crippen molar-refractivity contribution >= 4 is 8.32 Å². The molecule has 1 atom stereocenters. The molecule has 1 unspecified atom stereocenters. The Labute approximate surface area is 148 Å². The van der Waals surface area contributed by atoms with Crippen molar-refractivity contribution < 1.29 is 4.43 Å². The topological polar surface area (TPSA) is 24.5 Å². The van der Waals surface area contributed by atoms with Crippen molar-refractivity contribution in [3.05, 3.63) is 35.9 Å². The molecule has 1 spiro atoms. The van der Waals surface area contributed by atoms with Crippen LogP contribution >= 0.6 is 0 Å². The molecule has 3 nitrogen and oxygen atoms in total. The van der Waals surface area contributed by atoms with Crippen LogP contribution in [-0.4, -0.2) is 44.5 Å². The van der Waals surface area contributed by atoms with Gasteiger partial charge in [0, 0.05) is 31.2 Å². The van der Waals surface area contributed by atoms with Gasteiger partial charge in [0.15, 0.2) is 8.32 Å². The smallest absolute Gasteiger partial charge is 0.192 e. The summed E-state index contributed by atoms with van der Waals surface area (Å²) in [7, 11) is -1.69. The average Bonchev–Trinajstić information content (AvgIpc) is 3.28. The van der Waals surface area contributed by atoms with E-state index in [9.17, 15) is 0 Å². The van der Waals surface area contributed by atoms with Crippen LogP contribution in [0.5, 0.6) is 0 Å². The molecule has 24 heavy (non-hydrogen) atoms. The first-order valence-electron chi connectivity index (χ1n) is 9.39. The minimum absolute atomic E-state index is 0.274. The summed E-state index contributed by atoms with van der Waals surface area (Å²) < 4.78 is 6.58. The van der Waals surface area contributed by atoms with E-state index < -0.39 is 8.32 Å². The van der Waals surface area contributed by atoms with E-state index in [0.29, 0.717) is 11.6 Å². The van der Waals surface area contributed by atoms with Gasteiger partial charge in [-0.15, -0.1) is 0 Å². The molecule has 0 radical (unpaired) electrons. The molecular weight excluding hydrogens is 312 g/mol. The summed E-state index contributed by atoms with van der Waals surface area (Å²) in [5.41, 5.74) is 1.80. The summed E-state index contributed by atoms with van der Waals surface area (Å²) in [6, 6.07) is 11.4. The summed E-state index contributed by atoms with van der Waals surface area (Å²) in [5.74, 6) is 0. The first-order valence-corrected chi connectivity index (χ1v) is 12.3. The Hall–Kier alpha value is -0.683. The van der Waals surface area contributed by atoms with Crippen LogP contribution in [0.3, 0.4) is 0 Å². The van der Waals surface area contributed by atoms with E-state index in [1.807, 2.05) is 0 Å². The van der Waals surface area contributed by atoms with Gasteiger partial charge in [0.2, 0.25) is 0 Å². The van der Waals surface area contributed by atoms with E-state index in [0.717, 1.165) is 26.2 Å². The molecule has 0 aromatic heterocycles. The monoisotopic (exact) mass is 346 g/mol. The molecule has 1 aromatic rings. The highest BCUT2D eigenvalue weighted by atomic mass is 28.4. The fourth-order valence-corrected chi connectivity index (χ4v) is 4.47. The molecular formula is C20H34N2OSi. The number of nitrogens with one attached hydrogen (secondary N) is 1. The maximum absolute atomic E-state index is 6.58. The van der Waals surface area contributed by atoms with Crippen molar-refractivity contribution in [2.75, 3.05) is 19.7 Å². The Balaban J connectivity index is 1.70. The van der Waals surface area contributed by atoms with Gasteiger partial charge in [-0.25, -0.2) is 0 Å². The third-order valence-electron chi connectivity index (χ3n) is 6.35. The second-order valence-electron chi connectivity index (χ2n) is 9.19. The first kappa shape index (κ1) is 18.1. The fourth-order valence-electron chi connectivity index (χ4n) is 3.43. The summed E-state index contributed by atoms with van der Waals surface area (Å²) in [6.07, 6.45) is 2.65. The molecule has 1 aliphatic heterocycles.